The number of nitrogens with zero attached hydrogens (tertiary/aromatic N) is 3. The fourth-order valence-electron chi connectivity index (χ4n) is 2.27. The highest BCUT2D eigenvalue weighted by atomic mass is 79.9. The van der Waals surface area contributed by atoms with Crippen LogP contribution in [0.3, 0.4) is 0 Å². The lowest BCUT2D eigenvalue weighted by Crippen LogP contribution is -2.12. The molecule has 1 aromatic carbocycles. The molecule has 0 saturated heterocycles. The second-order valence-electron chi connectivity index (χ2n) is 4.84. The summed E-state index contributed by atoms with van der Waals surface area (Å²) in [7, 11) is -3.96. The Balaban J connectivity index is 2.06. The Morgan fingerprint density at radius 1 is 1.29 bits per heavy atom. The third kappa shape index (κ3) is 2.36. The topological polar surface area (TPSA) is 121 Å². The highest BCUT2D eigenvalue weighted by molar-refractivity contribution is 9.10. The third-order valence-corrected chi connectivity index (χ3v) is 6.05. The van der Waals surface area contributed by atoms with E-state index in [9.17, 15) is 13.2 Å². The summed E-state index contributed by atoms with van der Waals surface area (Å²) in [5.74, 6) is 0. The predicted octanol–water partition coefficient (Wildman–Crippen LogP) is 1.97. The van der Waals surface area contributed by atoms with Gasteiger partial charge in [0, 0.05) is 5.39 Å². The average Bonchev–Trinajstić information content (AvgIpc) is 3.03. The van der Waals surface area contributed by atoms with Crippen molar-refractivity contribution in [1.82, 2.24) is 14.6 Å². The van der Waals surface area contributed by atoms with Gasteiger partial charge in [0.05, 0.1) is 5.56 Å². The van der Waals surface area contributed by atoms with Crippen molar-refractivity contribution < 1.29 is 12.8 Å². The molecule has 2 N–H and O–H groups in total. The lowest BCUT2D eigenvalue weighted by atomic mass is 10.1. The molecule has 8 nitrogen and oxygen atoms in total. The summed E-state index contributed by atoms with van der Waals surface area (Å²) in [6.07, 6.45) is 0. The van der Waals surface area contributed by atoms with Crippen LogP contribution >= 0.6 is 27.3 Å². The van der Waals surface area contributed by atoms with Crippen LogP contribution < -0.4 is 10.8 Å². The van der Waals surface area contributed by atoms with Crippen molar-refractivity contribution >= 4 is 53.2 Å². The molecule has 0 bridgehead atoms. The molecule has 4 aromatic rings. The Morgan fingerprint density at radius 2 is 2.04 bits per heavy atom. The van der Waals surface area contributed by atoms with Gasteiger partial charge >= 0.3 is 5.63 Å². The Labute approximate surface area is 146 Å². The summed E-state index contributed by atoms with van der Waals surface area (Å²) in [6.45, 7) is 0. The van der Waals surface area contributed by atoms with Gasteiger partial charge < -0.3 is 4.42 Å². The van der Waals surface area contributed by atoms with E-state index in [1.54, 1.807) is 24.3 Å². The minimum Gasteiger partial charge on any atom is -0.422 e. The SMILES string of the molecule is NS(=O)(=O)c1nn2c(-c3cc4ccccc4oc3=O)c(Br)nc2s1. The fourth-order valence-corrected chi connectivity index (χ4v) is 4.46. The summed E-state index contributed by atoms with van der Waals surface area (Å²) in [5, 5.41) is 9.77. The van der Waals surface area contributed by atoms with E-state index < -0.39 is 15.6 Å². The molecule has 0 unspecified atom stereocenters. The molecule has 4 rings (SSSR count). The molecule has 11 heteroatoms. The molecule has 24 heavy (non-hydrogen) atoms. The maximum Gasteiger partial charge on any atom is 0.345 e. The first-order valence-electron chi connectivity index (χ1n) is 6.46. The summed E-state index contributed by atoms with van der Waals surface area (Å²) in [6, 6.07) is 8.70. The maximum atomic E-state index is 12.3. The quantitative estimate of drug-likeness (QED) is 0.489. The Kier molecular flexibility index (Phi) is 3.35. The van der Waals surface area contributed by atoms with E-state index in [1.807, 2.05) is 6.07 Å². The van der Waals surface area contributed by atoms with E-state index >= 15 is 0 Å². The second kappa shape index (κ2) is 5.21. The molecular weight excluding hydrogens is 420 g/mol. The van der Waals surface area contributed by atoms with Crippen molar-refractivity contribution in [3.8, 4) is 11.3 Å². The van der Waals surface area contributed by atoms with E-state index in [1.165, 1.54) is 4.52 Å². The zero-order valence-electron chi connectivity index (χ0n) is 11.6. The van der Waals surface area contributed by atoms with Gasteiger partial charge in [0.2, 0.25) is 9.30 Å². The van der Waals surface area contributed by atoms with Gasteiger partial charge in [-0.25, -0.2) is 27.9 Å². The molecule has 3 aromatic heterocycles. The van der Waals surface area contributed by atoms with Crippen molar-refractivity contribution in [1.29, 1.82) is 0 Å². The number of imidazole rings is 1. The van der Waals surface area contributed by atoms with Gasteiger partial charge in [0.25, 0.3) is 10.0 Å². The average molecular weight is 427 g/mol. The van der Waals surface area contributed by atoms with Gasteiger partial charge in [-0.15, -0.1) is 5.10 Å². The van der Waals surface area contributed by atoms with E-state index in [0.717, 1.165) is 16.7 Å². The van der Waals surface area contributed by atoms with Gasteiger partial charge in [-0.3, -0.25) is 0 Å². The molecule has 0 spiro atoms. The highest BCUT2D eigenvalue weighted by Crippen LogP contribution is 2.31. The number of para-hydroxylation sites is 1. The van der Waals surface area contributed by atoms with Crippen LogP contribution in [0.5, 0.6) is 0 Å². The number of nitrogens with two attached hydrogens (primary N) is 1. The van der Waals surface area contributed by atoms with Crippen LogP contribution in [0, 0.1) is 0 Å². The number of hydrogen-bond donors (Lipinski definition) is 1. The number of benzene rings is 1. The molecule has 122 valence electrons. The first-order valence-corrected chi connectivity index (χ1v) is 9.61. The van der Waals surface area contributed by atoms with E-state index in [0.29, 0.717) is 15.9 Å². The summed E-state index contributed by atoms with van der Waals surface area (Å²) >= 11 is 4.08. The molecule has 0 saturated carbocycles. The number of sulfonamides is 1. The molecule has 0 aliphatic heterocycles. The summed E-state index contributed by atoms with van der Waals surface area (Å²) in [4.78, 5) is 16.8. The zero-order valence-corrected chi connectivity index (χ0v) is 14.9. The number of rotatable bonds is 2. The highest BCUT2D eigenvalue weighted by Gasteiger charge is 2.23. The first kappa shape index (κ1) is 15.4. The monoisotopic (exact) mass is 426 g/mol. The molecule has 0 fully saturated rings. The van der Waals surface area contributed by atoms with Crippen molar-refractivity contribution in [2.45, 2.75) is 4.34 Å². The summed E-state index contributed by atoms with van der Waals surface area (Å²) in [5.41, 5.74) is 0.378. The number of hydrogen-bond acceptors (Lipinski definition) is 7. The second-order valence-corrected chi connectivity index (χ2v) is 8.29. The molecule has 0 aliphatic rings. The lowest BCUT2D eigenvalue weighted by Gasteiger charge is -2.01. The Bertz CT molecular complexity index is 1270. The molecular formula is C13H7BrN4O4S2. The molecule has 3 heterocycles. The third-order valence-electron chi connectivity index (χ3n) is 3.28. The van der Waals surface area contributed by atoms with Gasteiger partial charge in [0.1, 0.15) is 15.9 Å². The Morgan fingerprint density at radius 3 is 2.79 bits per heavy atom. The molecule has 0 amide bonds. The smallest absolute Gasteiger partial charge is 0.345 e. The van der Waals surface area contributed by atoms with Gasteiger partial charge in [-0.2, -0.15) is 0 Å². The van der Waals surface area contributed by atoms with E-state index in [-0.39, 0.29) is 14.9 Å². The fraction of sp³-hybridized carbons (Fsp3) is 0. The zero-order chi connectivity index (χ0) is 17.1. The normalized spacial score (nSPS) is 12.2. The maximum absolute atomic E-state index is 12.3. The van der Waals surface area contributed by atoms with Gasteiger partial charge in [0.15, 0.2) is 0 Å². The molecule has 0 atom stereocenters. The van der Waals surface area contributed by atoms with Crippen molar-refractivity contribution in [3.05, 3.63) is 45.4 Å². The standard InChI is InChI=1S/C13H7BrN4O4S2/c14-10-9(18-12(16-10)23-13(17-18)24(15,20)21)7-5-6-3-1-2-4-8(6)22-11(7)19/h1-5H,(H2,15,20,21). The number of halogens is 1. The lowest BCUT2D eigenvalue weighted by molar-refractivity contribution is 0.562. The Hall–Kier alpha value is -2.08. The van der Waals surface area contributed by atoms with Crippen molar-refractivity contribution in [3.63, 3.8) is 0 Å². The largest absolute Gasteiger partial charge is 0.422 e. The van der Waals surface area contributed by atoms with Crippen LogP contribution in [-0.2, 0) is 10.0 Å². The van der Waals surface area contributed by atoms with Crippen molar-refractivity contribution in [2.24, 2.45) is 5.14 Å². The summed E-state index contributed by atoms with van der Waals surface area (Å²) < 4.78 is 29.6. The minimum absolute atomic E-state index is 0.208. The molecule has 0 radical (unpaired) electrons. The van der Waals surface area contributed by atoms with Crippen LogP contribution in [0.2, 0.25) is 0 Å². The van der Waals surface area contributed by atoms with Crippen molar-refractivity contribution in [2.75, 3.05) is 0 Å². The van der Waals surface area contributed by atoms with E-state index in [4.69, 9.17) is 9.56 Å². The van der Waals surface area contributed by atoms with Crippen LogP contribution in [0.1, 0.15) is 0 Å². The van der Waals surface area contributed by atoms with Crippen LogP contribution in [-0.4, -0.2) is 23.0 Å². The van der Waals surface area contributed by atoms with E-state index in [2.05, 4.69) is 26.0 Å². The predicted molar refractivity (Wildman–Crippen MR) is 91.4 cm³/mol. The molecule has 0 aliphatic carbocycles. The first-order chi connectivity index (χ1) is 11.3. The number of primary sulfonamides is 1. The van der Waals surface area contributed by atoms with Crippen LogP contribution in [0.25, 0.3) is 27.2 Å². The number of fused-ring (bicyclic) bond motifs is 2. The minimum atomic E-state index is -3.96. The van der Waals surface area contributed by atoms with Gasteiger partial charge in [-0.1, -0.05) is 29.5 Å². The number of aromatic nitrogens is 3. The van der Waals surface area contributed by atoms with Crippen LogP contribution in [0.4, 0.5) is 0 Å². The van der Waals surface area contributed by atoms with Crippen LogP contribution in [0.15, 0.2) is 48.5 Å². The van der Waals surface area contributed by atoms with Gasteiger partial charge in [-0.05, 0) is 28.1 Å².